The van der Waals surface area contributed by atoms with Gasteiger partial charge in [-0.1, -0.05) is 35.9 Å². The fraction of sp³-hybridized carbons (Fsp3) is 0.357. The van der Waals surface area contributed by atoms with E-state index in [0.29, 0.717) is 55.6 Å². The van der Waals surface area contributed by atoms with E-state index in [0.717, 1.165) is 35.6 Å². The van der Waals surface area contributed by atoms with Crippen molar-refractivity contribution in [3.63, 3.8) is 0 Å². The average molecular weight is 477 g/mol. The smallest absolute Gasteiger partial charge is 0.215 e. The maximum Gasteiger partial charge on any atom is 0.215 e. The number of ketones is 1. The Labute approximate surface area is 206 Å². The molecule has 0 atom stereocenters. The highest BCUT2D eigenvalue weighted by molar-refractivity contribution is 5.98. The predicted molar refractivity (Wildman–Crippen MR) is 135 cm³/mol. The van der Waals surface area contributed by atoms with Gasteiger partial charge in [0.2, 0.25) is 5.88 Å². The van der Waals surface area contributed by atoms with E-state index < -0.39 is 0 Å². The van der Waals surface area contributed by atoms with E-state index in [1.165, 1.54) is 0 Å². The molecule has 2 heterocycles. The Bertz CT molecular complexity index is 1160. The molecule has 0 radical (unpaired) electrons. The van der Waals surface area contributed by atoms with Gasteiger partial charge in [0.15, 0.2) is 17.3 Å². The molecule has 0 unspecified atom stereocenters. The SMILES string of the molecule is COc1ccc(CCOc2cc(C(=O)Cc3cccc(C)c3)cc(N3CCOCC3)n2)cc1OC. The molecule has 2 aromatic carbocycles. The van der Waals surface area contributed by atoms with Crippen LogP contribution in [0.15, 0.2) is 54.6 Å². The summed E-state index contributed by atoms with van der Waals surface area (Å²) in [6.07, 6.45) is 0.996. The van der Waals surface area contributed by atoms with Gasteiger partial charge in [-0.2, -0.15) is 4.98 Å². The first kappa shape index (κ1) is 24.5. The lowest BCUT2D eigenvalue weighted by Crippen LogP contribution is -2.36. The molecule has 0 spiro atoms. The van der Waals surface area contributed by atoms with Crippen molar-refractivity contribution in [1.29, 1.82) is 0 Å². The van der Waals surface area contributed by atoms with E-state index in [2.05, 4.69) is 4.90 Å². The Kier molecular flexibility index (Phi) is 8.21. The Morgan fingerprint density at radius 3 is 2.51 bits per heavy atom. The highest BCUT2D eigenvalue weighted by atomic mass is 16.5. The van der Waals surface area contributed by atoms with Crippen LogP contribution in [0.3, 0.4) is 0 Å². The number of pyridine rings is 1. The predicted octanol–water partition coefficient (Wildman–Crippen LogP) is 4.29. The number of aromatic nitrogens is 1. The molecule has 0 saturated carbocycles. The number of aryl methyl sites for hydroxylation is 1. The Morgan fingerprint density at radius 2 is 1.77 bits per heavy atom. The van der Waals surface area contributed by atoms with Crippen LogP contribution in [0.2, 0.25) is 0 Å². The highest BCUT2D eigenvalue weighted by Gasteiger charge is 2.18. The van der Waals surface area contributed by atoms with Crippen molar-refractivity contribution in [2.45, 2.75) is 19.8 Å². The summed E-state index contributed by atoms with van der Waals surface area (Å²) in [6.45, 7) is 5.18. The maximum absolute atomic E-state index is 13.2. The second kappa shape index (κ2) is 11.7. The van der Waals surface area contributed by atoms with Gasteiger partial charge in [-0.25, -0.2) is 0 Å². The van der Waals surface area contributed by atoms with Crippen LogP contribution < -0.4 is 19.1 Å². The lowest BCUT2D eigenvalue weighted by molar-refractivity contribution is 0.0992. The number of carbonyl (C=O) groups is 1. The van der Waals surface area contributed by atoms with Crippen molar-refractivity contribution >= 4 is 11.6 Å². The molecule has 0 bridgehead atoms. The zero-order valence-electron chi connectivity index (χ0n) is 20.6. The number of hydrogen-bond acceptors (Lipinski definition) is 7. The summed E-state index contributed by atoms with van der Waals surface area (Å²) in [7, 11) is 3.24. The second-order valence-electron chi connectivity index (χ2n) is 8.53. The highest BCUT2D eigenvalue weighted by Crippen LogP contribution is 2.28. The number of benzene rings is 2. The Balaban J connectivity index is 1.50. The van der Waals surface area contributed by atoms with Gasteiger partial charge < -0.3 is 23.8 Å². The zero-order valence-corrected chi connectivity index (χ0v) is 20.6. The molecule has 0 aliphatic carbocycles. The summed E-state index contributed by atoms with van der Waals surface area (Å²) < 4.78 is 22.2. The summed E-state index contributed by atoms with van der Waals surface area (Å²) in [5.74, 6) is 2.60. The van der Waals surface area contributed by atoms with E-state index in [1.807, 2.05) is 55.5 Å². The molecule has 7 nitrogen and oxygen atoms in total. The van der Waals surface area contributed by atoms with Crippen LogP contribution in [0, 0.1) is 6.92 Å². The average Bonchev–Trinajstić information content (AvgIpc) is 2.89. The minimum Gasteiger partial charge on any atom is -0.493 e. The Morgan fingerprint density at radius 1 is 0.971 bits per heavy atom. The Hall–Kier alpha value is -3.58. The molecule has 35 heavy (non-hydrogen) atoms. The van der Waals surface area contributed by atoms with E-state index in [4.69, 9.17) is 23.9 Å². The van der Waals surface area contributed by atoms with Crippen LogP contribution in [-0.2, 0) is 17.6 Å². The number of methoxy groups -OCH3 is 2. The molecular formula is C28H32N2O5. The first-order chi connectivity index (χ1) is 17.1. The minimum absolute atomic E-state index is 0.0391. The lowest BCUT2D eigenvalue weighted by Gasteiger charge is -2.28. The number of anilines is 1. The molecule has 4 rings (SSSR count). The van der Waals surface area contributed by atoms with Gasteiger partial charge in [-0.05, 0) is 36.2 Å². The fourth-order valence-corrected chi connectivity index (χ4v) is 4.10. The third kappa shape index (κ3) is 6.51. The maximum atomic E-state index is 13.2. The largest absolute Gasteiger partial charge is 0.493 e. The third-order valence-electron chi connectivity index (χ3n) is 5.98. The van der Waals surface area contributed by atoms with Crippen LogP contribution in [0.5, 0.6) is 17.4 Å². The van der Waals surface area contributed by atoms with Crippen molar-refractivity contribution in [3.05, 3.63) is 76.9 Å². The molecule has 1 fully saturated rings. The molecular weight excluding hydrogens is 444 g/mol. The van der Waals surface area contributed by atoms with Gasteiger partial charge in [0.05, 0.1) is 34.0 Å². The van der Waals surface area contributed by atoms with Crippen LogP contribution in [0.4, 0.5) is 5.82 Å². The van der Waals surface area contributed by atoms with Crippen molar-refractivity contribution in [1.82, 2.24) is 4.98 Å². The number of Topliss-reactive ketones (excluding diaryl/α,β-unsaturated/α-hetero) is 1. The number of ether oxygens (including phenoxy) is 4. The van der Waals surface area contributed by atoms with Crippen LogP contribution in [-0.4, -0.2) is 57.9 Å². The van der Waals surface area contributed by atoms with Gasteiger partial charge in [0, 0.05) is 37.6 Å². The monoisotopic (exact) mass is 476 g/mol. The summed E-state index contributed by atoms with van der Waals surface area (Å²) in [4.78, 5) is 20.0. The topological polar surface area (TPSA) is 70.1 Å². The van der Waals surface area contributed by atoms with Gasteiger partial charge in [0.25, 0.3) is 0 Å². The van der Waals surface area contributed by atoms with E-state index in [1.54, 1.807) is 20.3 Å². The fourth-order valence-electron chi connectivity index (χ4n) is 4.10. The molecule has 1 aliphatic rings. The minimum atomic E-state index is 0.0391. The lowest BCUT2D eigenvalue weighted by atomic mass is 10.0. The van der Waals surface area contributed by atoms with Gasteiger partial charge in [-0.3, -0.25) is 4.79 Å². The van der Waals surface area contributed by atoms with Crippen LogP contribution >= 0.6 is 0 Å². The molecule has 0 N–H and O–H groups in total. The second-order valence-corrected chi connectivity index (χ2v) is 8.53. The molecule has 1 saturated heterocycles. The number of rotatable bonds is 10. The van der Waals surface area contributed by atoms with Gasteiger partial charge >= 0.3 is 0 Å². The first-order valence-corrected chi connectivity index (χ1v) is 11.8. The number of nitrogens with zero attached hydrogens (tertiary/aromatic N) is 2. The van der Waals surface area contributed by atoms with Crippen molar-refractivity contribution in [2.24, 2.45) is 0 Å². The summed E-state index contributed by atoms with van der Waals surface area (Å²) in [5, 5.41) is 0. The van der Waals surface area contributed by atoms with Crippen molar-refractivity contribution < 1.29 is 23.7 Å². The summed E-state index contributed by atoms with van der Waals surface area (Å²) in [6, 6.07) is 17.5. The zero-order chi connectivity index (χ0) is 24.6. The molecule has 3 aromatic rings. The van der Waals surface area contributed by atoms with Crippen LogP contribution in [0.25, 0.3) is 0 Å². The number of hydrogen-bond donors (Lipinski definition) is 0. The molecule has 1 aliphatic heterocycles. The molecule has 184 valence electrons. The quantitative estimate of drug-likeness (QED) is 0.404. The summed E-state index contributed by atoms with van der Waals surface area (Å²) >= 11 is 0. The summed E-state index contributed by atoms with van der Waals surface area (Å²) in [5.41, 5.74) is 3.79. The third-order valence-corrected chi connectivity index (χ3v) is 5.98. The van der Waals surface area contributed by atoms with E-state index in [-0.39, 0.29) is 5.78 Å². The number of morpholine rings is 1. The standard InChI is InChI=1S/C28H32N2O5/c1-20-5-4-6-22(15-20)16-24(31)23-18-27(30-10-13-34-14-11-30)29-28(19-23)35-12-9-21-7-8-25(32-2)26(17-21)33-3/h4-8,15,17-19H,9-14,16H2,1-3H3. The van der Waals surface area contributed by atoms with Crippen LogP contribution in [0.1, 0.15) is 27.0 Å². The normalized spacial score (nSPS) is 13.4. The number of carbonyl (C=O) groups excluding carboxylic acids is 1. The first-order valence-electron chi connectivity index (χ1n) is 11.8. The van der Waals surface area contributed by atoms with E-state index >= 15 is 0 Å². The molecule has 0 amide bonds. The molecule has 1 aromatic heterocycles. The van der Waals surface area contributed by atoms with Crippen molar-refractivity contribution in [2.75, 3.05) is 52.0 Å². The van der Waals surface area contributed by atoms with Gasteiger partial charge in [0.1, 0.15) is 5.82 Å². The molecule has 7 heteroatoms. The van der Waals surface area contributed by atoms with E-state index in [9.17, 15) is 4.79 Å². The van der Waals surface area contributed by atoms with Gasteiger partial charge in [-0.15, -0.1) is 0 Å². The van der Waals surface area contributed by atoms with Crippen molar-refractivity contribution in [3.8, 4) is 17.4 Å².